The van der Waals surface area contributed by atoms with Gasteiger partial charge in [0.1, 0.15) is 12.4 Å². The van der Waals surface area contributed by atoms with E-state index in [1.165, 1.54) is 5.56 Å². The normalized spacial score (nSPS) is 12.6. The summed E-state index contributed by atoms with van der Waals surface area (Å²) >= 11 is 0. The molecular weight excluding hydrogens is 266 g/mol. The van der Waals surface area contributed by atoms with E-state index in [0.717, 1.165) is 18.8 Å². The van der Waals surface area contributed by atoms with E-state index < -0.39 is 0 Å². The molecule has 0 amide bonds. The lowest BCUT2D eigenvalue weighted by atomic mass is 10.2. The molecule has 0 spiro atoms. The Labute approximate surface area is 128 Å². The second kappa shape index (κ2) is 10.6. The van der Waals surface area contributed by atoms with Gasteiger partial charge in [-0.25, -0.2) is 0 Å². The standard InChI is InChI=1S/C17H29NO3/c1-14(2)11-18-12-16-6-5-7-17(10-16)21-9-8-20-15(3)13-19-4/h5-7,10,14-15,18H,8-9,11-13H2,1-4H3. The Bertz CT molecular complexity index is 382. The Kier molecular flexibility index (Phi) is 9.06. The van der Waals surface area contributed by atoms with Gasteiger partial charge in [-0.2, -0.15) is 0 Å². The molecule has 0 aliphatic heterocycles. The zero-order valence-corrected chi connectivity index (χ0v) is 13.7. The van der Waals surface area contributed by atoms with E-state index in [4.69, 9.17) is 14.2 Å². The first-order chi connectivity index (χ1) is 10.1. The van der Waals surface area contributed by atoms with Crippen LogP contribution in [0.4, 0.5) is 0 Å². The van der Waals surface area contributed by atoms with E-state index in [-0.39, 0.29) is 6.10 Å². The van der Waals surface area contributed by atoms with Crippen LogP contribution >= 0.6 is 0 Å². The third kappa shape index (κ3) is 8.71. The lowest BCUT2D eigenvalue weighted by Crippen LogP contribution is -2.19. The van der Waals surface area contributed by atoms with Crippen LogP contribution in [0.5, 0.6) is 5.75 Å². The molecule has 1 aromatic carbocycles. The predicted molar refractivity (Wildman–Crippen MR) is 85.8 cm³/mol. The van der Waals surface area contributed by atoms with Crippen molar-refractivity contribution in [2.45, 2.75) is 33.4 Å². The maximum absolute atomic E-state index is 5.71. The third-order valence-electron chi connectivity index (χ3n) is 2.94. The van der Waals surface area contributed by atoms with Crippen LogP contribution in [0.1, 0.15) is 26.3 Å². The summed E-state index contributed by atoms with van der Waals surface area (Å²) in [5.41, 5.74) is 1.24. The Morgan fingerprint density at radius 3 is 2.67 bits per heavy atom. The summed E-state index contributed by atoms with van der Waals surface area (Å²) in [6.45, 7) is 10.0. The summed E-state index contributed by atoms with van der Waals surface area (Å²) in [4.78, 5) is 0. The molecule has 0 saturated heterocycles. The fraction of sp³-hybridized carbons (Fsp3) is 0.647. The lowest BCUT2D eigenvalue weighted by Gasteiger charge is -2.13. The molecule has 120 valence electrons. The van der Waals surface area contributed by atoms with Gasteiger partial charge in [-0.15, -0.1) is 0 Å². The van der Waals surface area contributed by atoms with Crippen molar-refractivity contribution in [3.05, 3.63) is 29.8 Å². The largest absolute Gasteiger partial charge is 0.491 e. The van der Waals surface area contributed by atoms with Crippen LogP contribution in [0.3, 0.4) is 0 Å². The molecule has 1 atom stereocenters. The molecule has 4 nitrogen and oxygen atoms in total. The number of hydrogen-bond acceptors (Lipinski definition) is 4. The highest BCUT2D eigenvalue weighted by atomic mass is 16.5. The van der Waals surface area contributed by atoms with E-state index in [1.54, 1.807) is 7.11 Å². The zero-order valence-electron chi connectivity index (χ0n) is 13.7. The topological polar surface area (TPSA) is 39.7 Å². The van der Waals surface area contributed by atoms with Crippen LogP contribution in [0, 0.1) is 5.92 Å². The van der Waals surface area contributed by atoms with Gasteiger partial charge >= 0.3 is 0 Å². The summed E-state index contributed by atoms with van der Waals surface area (Å²) in [5, 5.41) is 3.43. The first kappa shape index (κ1) is 18.0. The number of nitrogens with one attached hydrogen (secondary N) is 1. The molecule has 0 saturated carbocycles. The Morgan fingerprint density at radius 2 is 1.95 bits per heavy atom. The molecule has 1 rings (SSSR count). The zero-order chi connectivity index (χ0) is 15.5. The van der Waals surface area contributed by atoms with Crippen LogP contribution in [-0.2, 0) is 16.0 Å². The van der Waals surface area contributed by atoms with Crippen LogP contribution in [0.2, 0.25) is 0 Å². The molecular formula is C17H29NO3. The van der Waals surface area contributed by atoms with Crippen LogP contribution in [0.25, 0.3) is 0 Å². The van der Waals surface area contributed by atoms with E-state index in [0.29, 0.717) is 25.7 Å². The summed E-state index contributed by atoms with van der Waals surface area (Å²) < 4.78 is 16.3. The molecule has 0 heterocycles. The van der Waals surface area contributed by atoms with Gasteiger partial charge in [0.25, 0.3) is 0 Å². The highest BCUT2D eigenvalue weighted by Crippen LogP contribution is 2.13. The fourth-order valence-corrected chi connectivity index (χ4v) is 1.94. The van der Waals surface area contributed by atoms with Gasteiger partial charge in [-0.05, 0) is 37.1 Å². The van der Waals surface area contributed by atoms with Crippen molar-refractivity contribution >= 4 is 0 Å². The highest BCUT2D eigenvalue weighted by Gasteiger charge is 2.02. The molecule has 4 heteroatoms. The predicted octanol–water partition coefficient (Wildman–Crippen LogP) is 2.86. The molecule has 0 bridgehead atoms. The quantitative estimate of drug-likeness (QED) is 0.637. The molecule has 0 aromatic heterocycles. The molecule has 0 fully saturated rings. The average molecular weight is 295 g/mol. The molecule has 0 radical (unpaired) electrons. The van der Waals surface area contributed by atoms with E-state index in [9.17, 15) is 0 Å². The van der Waals surface area contributed by atoms with Gasteiger partial charge in [0.2, 0.25) is 0 Å². The van der Waals surface area contributed by atoms with Gasteiger partial charge in [-0.3, -0.25) is 0 Å². The second-order valence-electron chi connectivity index (χ2n) is 5.66. The summed E-state index contributed by atoms with van der Waals surface area (Å²) in [7, 11) is 1.68. The summed E-state index contributed by atoms with van der Waals surface area (Å²) in [6, 6.07) is 8.18. The van der Waals surface area contributed by atoms with Crippen molar-refractivity contribution in [2.75, 3.05) is 33.5 Å². The van der Waals surface area contributed by atoms with Gasteiger partial charge in [0.05, 0.1) is 19.3 Å². The number of benzene rings is 1. The maximum atomic E-state index is 5.71. The Balaban J connectivity index is 2.25. The smallest absolute Gasteiger partial charge is 0.119 e. The number of methoxy groups -OCH3 is 1. The molecule has 1 unspecified atom stereocenters. The average Bonchev–Trinajstić information content (AvgIpc) is 2.44. The Hall–Kier alpha value is -1.10. The second-order valence-corrected chi connectivity index (χ2v) is 5.66. The molecule has 0 aliphatic carbocycles. The Morgan fingerprint density at radius 1 is 1.14 bits per heavy atom. The van der Waals surface area contributed by atoms with Crippen LogP contribution in [0.15, 0.2) is 24.3 Å². The van der Waals surface area contributed by atoms with Gasteiger partial charge in [0, 0.05) is 13.7 Å². The van der Waals surface area contributed by atoms with Crippen molar-refractivity contribution in [1.82, 2.24) is 5.32 Å². The van der Waals surface area contributed by atoms with E-state index in [2.05, 4.69) is 31.3 Å². The number of ether oxygens (including phenoxy) is 3. The van der Waals surface area contributed by atoms with Crippen molar-refractivity contribution < 1.29 is 14.2 Å². The van der Waals surface area contributed by atoms with Gasteiger partial charge in [-0.1, -0.05) is 26.0 Å². The minimum atomic E-state index is 0.102. The van der Waals surface area contributed by atoms with Crippen molar-refractivity contribution in [1.29, 1.82) is 0 Å². The lowest BCUT2D eigenvalue weighted by molar-refractivity contribution is -0.00215. The maximum Gasteiger partial charge on any atom is 0.119 e. The minimum absolute atomic E-state index is 0.102. The monoisotopic (exact) mass is 295 g/mol. The first-order valence-electron chi connectivity index (χ1n) is 7.64. The molecule has 1 aromatic rings. The van der Waals surface area contributed by atoms with Crippen LogP contribution < -0.4 is 10.1 Å². The molecule has 1 N–H and O–H groups in total. The van der Waals surface area contributed by atoms with Crippen molar-refractivity contribution in [3.8, 4) is 5.75 Å². The van der Waals surface area contributed by atoms with E-state index in [1.807, 2.05) is 19.1 Å². The van der Waals surface area contributed by atoms with Crippen LogP contribution in [-0.4, -0.2) is 39.6 Å². The van der Waals surface area contributed by atoms with Gasteiger partial charge in [0.15, 0.2) is 0 Å². The van der Waals surface area contributed by atoms with Gasteiger partial charge < -0.3 is 19.5 Å². The van der Waals surface area contributed by atoms with E-state index >= 15 is 0 Å². The fourth-order valence-electron chi connectivity index (χ4n) is 1.94. The molecule has 21 heavy (non-hydrogen) atoms. The molecule has 0 aliphatic rings. The minimum Gasteiger partial charge on any atom is -0.491 e. The highest BCUT2D eigenvalue weighted by molar-refractivity contribution is 5.28. The summed E-state index contributed by atoms with van der Waals surface area (Å²) in [6.07, 6.45) is 0.102. The first-order valence-corrected chi connectivity index (χ1v) is 7.64. The SMILES string of the molecule is COCC(C)OCCOc1cccc(CNCC(C)C)c1. The third-order valence-corrected chi connectivity index (χ3v) is 2.94. The summed E-state index contributed by atoms with van der Waals surface area (Å²) in [5.74, 6) is 1.55. The number of rotatable bonds is 11. The van der Waals surface area contributed by atoms with Crippen molar-refractivity contribution in [3.63, 3.8) is 0 Å². The van der Waals surface area contributed by atoms with Crippen molar-refractivity contribution in [2.24, 2.45) is 5.92 Å². The number of hydrogen-bond donors (Lipinski definition) is 1.